The van der Waals surface area contributed by atoms with Gasteiger partial charge in [0.25, 0.3) is 0 Å². The molecule has 0 radical (unpaired) electrons. The zero-order chi connectivity index (χ0) is 14.8. The third-order valence-corrected chi connectivity index (χ3v) is 4.50. The van der Waals surface area contributed by atoms with E-state index < -0.39 is 0 Å². The molecule has 6 heteroatoms. The van der Waals surface area contributed by atoms with Gasteiger partial charge in [0.15, 0.2) is 17.9 Å². The maximum Gasteiger partial charge on any atom is 0.168 e. The standard InChI is InChI=1S/C15H21FN4O/c1-2-18-5-7-19(8-6-18)13-9-20(10-13)15-14(16)4-3-12(11-21)17-15/h3-4,11,13H,2,5-10H2,1H3. The molecule has 0 spiro atoms. The van der Waals surface area contributed by atoms with Crippen LogP contribution in [0.5, 0.6) is 0 Å². The largest absolute Gasteiger partial charge is 0.351 e. The molecule has 2 saturated heterocycles. The highest BCUT2D eigenvalue weighted by molar-refractivity contribution is 5.72. The lowest BCUT2D eigenvalue weighted by Crippen LogP contribution is -2.63. The number of carbonyl (C=O) groups excluding carboxylic acids is 1. The molecule has 0 aliphatic carbocycles. The summed E-state index contributed by atoms with van der Waals surface area (Å²) in [5.74, 6) is -0.0436. The molecule has 21 heavy (non-hydrogen) atoms. The van der Waals surface area contributed by atoms with Gasteiger partial charge in [0.1, 0.15) is 5.69 Å². The Morgan fingerprint density at radius 3 is 2.62 bits per heavy atom. The molecule has 0 bridgehead atoms. The third-order valence-electron chi connectivity index (χ3n) is 4.50. The molecule has 2 aliphatic rings. The van der Waals surface area contributed by atoms with Gasteiger partial charge in [-0.05, 0) is 18.7 Å². The quantitative estimate of drug-likeness (QED) is 0.770. The summed E-state index contributed by atoms with van der Waals surface area (Å²) in [6, 6.07) is 3.21. The van der Waals surface area contributed by atoms with Gasteiger partial charge in [0.05, 0.1) is 0 Å². The Kier molecular flexibility index (Phi) is 4.17. The van der Waals surface area contributed by atoms with Gasteiger partial charge in [-0.2, -0.15) is 0 Å². The second-order valence-corrected chi connectivity index (χ2v) is 5.69. The van der Waals surface area contributed by atoms with E-state index in [1.165, 1.54) is 12.1 Å². The number of hydrogen-bond acceptors (Lipinski definition) is 5. The molecule has 1 aromatic heterocycles. The number of pyridine rings is 1. The molecular formula is C15H21FN4O. The Morgan fingerprint density at radius 1 is 1.29 bits per heavy atom. The number of rotatable bonds is 4. The third kappa shape index (κ3) is 2.91. The molecular weight excluding hydrogens is 271 g/mol. The van der Waals surface area contributed by atoms with Crippen molar-refractivity contribution >= 4 is 12.1 Å². The van der Waals surface area contributed by atoms with Crippen LogP contribution in [0.2, 0.25) is 0 Å². The van der Waals surface area contributed by atoms with Crippen LogP contribution in [-0.2, 0) is 0 Å². The van der Waals surface area contributed by atoms with E-state index in [4.69, 9.17) is 0 Å². The molecule has 1 aromatic rings. The second-order valence-electron chi connectivity index (χ2n) is 5.69. The molecule has 0 aromatic carbocycles. The van der Waals surface area contributed by atoms with Crippen LogP contribution >= 0.6 is 0 Å². The zero-order valence-electron chi connectivity index (χ0n) is 12.3. The fourth-order valence-corrected chi connectivity index (χ4v) is 3.04. The molecule has 2 fully saturated rings. The van der Waals surface area contributed by atoms with E-state index in [0.29, 0.717) is 18.1 Å². The minimum absolute atomic E-state index is 0.284. The van der Waals surface area contributed by atoms with Crippen LogP contribution in [-0.4, -0.2) is 72.9 Å². The average molecular weight is 292 g/mol. The number of carbonyl (C=O) groups is 1. The molecule has 3 rings (SSSR count). The number of likely N-dealkylation sites (N-methyl/N-ethyl adjacent to an activating group) is 1. The Labute approximate surface area is 124 Å². The van der Waals surface area contributed by atoms with E-state index in [9.17, 15) is 9.18 Å². The lowest BCUT2D eigenvalue weighted by Gasteiger charge is -2.48. The minimum Gasteiger partial charge on any atom is -0.351 e. The van der Waals surface area contributed by atoms with Crippen LogP contribution in [0.4, 0.5) is 10.2 Å². The Balaban J connectivity index is 1.57. The minimum atomic E-state index is -0.352. The van der Waals surface area contributed by atoms with Gasteiger partial charge in [-0.1, -0.05) is 6.92 Å². The lowest BCUT2D eigenvalue weighted by atomic mass is 10.1. The van der Waals surface area contributed by atoms with Crippen molar-refractivity contribution in [2.45, 2.75) is 13.0 Å². The zero-order valence-corrected chi connectivity index (χ0v) is 12.3. The Bertz CT molecular complexity index is 510. The summed E-state index contributed by atoms with van der Waals surface area (Å²) in [5.41, 5.74) is 0.284. The normalized spacial score (nSPS) is 21.3. The summed E-state index contributed by atoms with van der Waals surface area (Å²) in [6.45, 7) is 9.26. The summed E-state index contributed by atoms with van der Waals surface area (Å²) in [5, 5.41) is 0. The molecule has 2 aliphatic heterocycles. The van der Waals surface area contributed by atoms with Crippen molar-refractivity contribution < 1.29 is 9.18 Å². The van der Waals surface area contributed by atoms with E-state index in [1.807, 2.05) is 4.90 Å². The summed E-state index contributed by atoms with van der Waals surface area (Å²) < 4.78 is 13.8. The van der Waals surface area contributed by atoms with E-state index in [1.54, 1.807) is 0 Å². The fraction of sp³-hybridized carbons (Fsp3) is 0.600. The lowest BCUT2D eigenvalue weighted by molar-refractivity contribution is 0.0856. The molecule has 3 heterocycles. The van der Waals surface area contributed by atoms with Gasteiger partial charge in [0, 0.05) is 45.3 Å². The van der Waals surface area contributed by atoms with Crippen LogP contribution in [0.25, 0.3) is 0 Å². The molecule has 0 amide bonds. The van der Waals surface area contributed by atoms with Crippen molar-refractivity contribution in [1.29, 1.82) is 0 Å². The van der Waals surface area contributed by atoms with Crippen molar-refractivity contribution in [3.8, 4) is 0 Å². The van der Waals surface area contributed by atoms with Crippen molar-refractivity contribution in [2.24, 2.45) is 0 Å². The molecule has 114 valence electrons. The first-order valence-corrected chi connectivity index (χ1v) is 7.54. The van der Waals surface area contributed by atoms with Gasteiger partial charge in [-0.15, -0.1) is 0 Å². The number of nitrogens with zero attached hydrogens (tertiary/aromatic N) is 4. The summed E-state index contributed by atoms with van der Waals surface area (Å²) in [6.07, 6.45) is 0.657. The predicted molar refractivity (Wildman–Crippen MR) is 79.3 cm³/mol. The number of aldehydes is 1. The van der Waals surface area contributed by atoms with Crippen molar-refractivity contribution in [3.05, 3.63) is 23.6 Å². The highest BCUT2D eigenvalue weighted by Gasteiger charge is 2.35. The van der Waals surface area contributed by atoms with E-state index >= 15 is 0 Å². The fourth-order valence-electron chi connectivity index (χ4n) is 3.04. The maximum atomic E-state index is 13.8. The van der Waals surface area contributed by atoms with Gasteiger partial charge >= 0.3 is 0 Å². The first-order chi connectivity index (χ1) is 10.2. The van der Waals surface area contributed by atoms with E-state index in [-0.39, 0.29) is 11.5 Å². The molecule has 0 saturated carbocycles. The Hall–Kier alpha value is -1.53. The van der Waals surface area contributed by atoms with Crippen molar-refractivity contribution in [1.82, 2.24) is 14.8 Å². The average Bonchev–Trinajstić information content (AvgIpc) is 2.48. The van der Waals surface area contributed by atoms with Crippen LogP contribution in [0.15, 0.2) is 12.1 Å². The second kappa shape index (κ2) is 6.07. The van der Waals surface area contributed by atoms with Crippen LogP contribution in [0.3, 0.4) is 0 Å². The number of hydrogen-bond donors (Lipinski definition) is 0. The number of piperazine rings is 1. The SMILES string of the molecule is CCN1CCN(C2CN(c3nc(C=O)ccc3F)C2)CC1. The Morgan fingerprint density at radius 2 is 2.00 bits per heavy atom. The number of aromatic nitrogens is 1. The molecule has 5 nitrogen and oxygen atoms in total. The maximum absolute atomic E-state index is 13.8. The predicted octanol–water partition coefficient (Wildman–Crippen LogP) is 0.859. The number of anilines is 1. The molecule has 0 atom stereocenters. The van der Waals surface area contributed by atoms with Crippen LogP contribution in [0, 0.1) is 5.82 Å². The van der Waals surface area contributed by atoms with Gasteiger partial charge in [-0.3, -0.25) is 9.69 Å². The van der Waals surface area contributed by atoms with Crippen molar-refractivity contribution in [2.75, 3.05) is 50.7 Å². The van der Waals surface area contributed by atoms with E-state index in [0.717, 1.165) is 45.8 Å². The first kappa shape index (κ1) is 14.4. The molecule has 0 unspecified atom stereocenters. The summed E-state index contributed by atoms with van der Waals surface area (Å²) in [4.78, 5) is 21.7. The topological polar surface area (TPSA) is 39.7 Å². The van der Waals surface area contributed by atoms with Gasteiger partial charge < -0.3 is 9.80 Å². The van der Waals surface area contributed by atoms with E-state index in [2.05, 4.69) is 21.7 Å². The summed E-state index contributed by atoms with van der Waals surface area (Å²) >= 11 is 0. The van der Waals surface area contributed by atoms with Gasteiger partial charge in [0.2, 0.25) is 0 Å². The van der Waals surface area contributed by atoms with Crippen molar-refractivity contribution in [3.63, 3.8) is 0 Å². The van der Waals surface area contributed by atoms with Gasteiger partial charge in [-0.25, -0.2) is 9.37 Å². The molecule has 0 N–H and O–H groups in total. The first-order valence-electron chi connectivity index (χ1n) is 7.54. The van der Waals surface area contributed by atoms with Crippen LogP contribution < -0.4 is 4.90 Å². The number of halogens is 1. The summed E-state index contributed by atoms with van der Waals surface area (Å²) in [7, 11) is 0. The smallest absolute Gasteiger partial charge is 0.168 e. The van der Waals surface area contributed by atoms with Crippen LogP contribution in [0.1, 0.15) is 17.4 Å². The highest BCUT2D eigenvalue weighted by Crippen LogP contribution is 2.25. The highest BCUT2D eigenvalue weighted by atomic mass is 19.1. The monoisotopic (exact) mass is 292 g/mol.